The zero-order valence-corrected chi connectivity index (χ0v) is 13.9. The van der Waals surface area contributed by atoms with Gasteiger partial charge < -0.3 is 15.0 Å². The molecule has 0 fully saturated rings. The van der Waals surface area contributed by atoms with Gasteiger partial charge in [0.2, 0.25) is 2.14 Å². The Morgan fingerprint density at radius 1 is 1.38 bits per heavy atom. The summed E-state index contributed by atoms with van der Waals surface area (Å²) < 4.78 is -1.15. The van der Waals surface area contributed by atoms with Crippen LogP contribution in [0.3, 0.4) is 0 Å². The number of carboxylic acid groups (broad SMARTS) is 2. The predicted molar refractivity (Wildman–Crippen MR) is 52.9 cm³/mol. The van der Waals surface area contributed by atoms with E-state index in [2.05, 4.69) is 59.4 Å². The van der Waals surface area contributed by atoms with Crippen LogP contribution >= 0.6 is 59.4 Å². The minimum Gasteiger partial charge on any atom is -0.549 e. The molecule has 13 heavy (non-hydrogen) atoms. The van der Waals surface area contributed by atoms with Gasteiger partial charge in [-0.1, -0.05) is 0 Å². The maximum Gasteiger partial charge on any atom is 1.00 e. The third kappa shape index (κ3) is 19.9. The van der Waals surface area contributed by atoms with Gasteiger partial charge in [0.1, 0.15) is 0 Å². The van der Waals surface area contributed by atoms with E-state index < -0.39 is 20.0 Å². The first kappa shape index (κ1) is 20.1. The van der Waals surface area contributed by atoms with E-state index >= 15 is 0 Å². The van der Waals surface area contributed by atoms with Crippen LogP contribution in [-0.2, 0) is 9.59 Å². The molecule has 0 aromatic carbocycles. The summed E-state index contributed by atoms with van der Waals surface area (Å²) in [4.78, 5) is 19.0. The summed E-state index contributed by atoms with van der Waals surface area (Å²) in [5.74, 6) is -2.65. The van der Waals surface area contributed by atoms with Crippen molar-refractivity contribution in [3.05, 3.63) is 0 Å². The fraction of sp³-hybridized carbons (Fsp3) is 0.500. The summed E-state index contributed by atoms with van der Waals surface area (Å²) in [6.45, 7) is 0. The maximum absolute atomic E-state index is 9.88. The summed E-state index contributed by atoms with van der Waals surface area (Å²) in [6, 6.07) is 0. The van der Waals surface area contributed by atoms with Crippen LogP contribution in [-0.4, -0.2) is 25.1 Å². The molecule has 0 unspecified atom stereocenters. The van der Waals surface area contributed by atoms with Gasteiger partial charge in [0.25, 0.3) is 0 Å². The smallest absolute Gasteiger partial charge is 0.549 e. The van der Waals surface area contributed by atoms with Crippen molar-refractivity contribution in [2.75, 3.05) is 5.88 Å². The Morgan fingerprint density at radius 3 is 1.54 bits per heavy atom. The van der Waals surface area contributed by atoms with Gasteiger partial charge in [-0.3, -0.25) is 0 Å². The van der Waals surface area contributed by atoms with Crippen LogP contribution in [0.1, 0.15) is 0 Å². The SMILES string of the molecule is O=C(O)C(Br)(Br)Br.O=C([O-])CCl.[Na+]. The standard InChI is InChI=1S/C2HBr3O2.C2H3ClO2.Na/c3-2(4,5)1(6)7;3-1-2(4)5;/h(H,6,7);1H2,(H,4,5);/q;;+1/p-1. The number of carboxylic acids is 2. The predicted octanol–water partition coefficient (Wildman–Crippen LogP) is -2.11. The molecule has 0 heterocycles. The molecule has 0 rings (SSSR count). The normalized spacial score (nSPS) is 8.92. The molecule has 0 saturated carbocycles. The Morgan fingerprint density at radius 2 is 1.54 bits per heavy atom. The monoisotopic (exact) mass is 410 g/mol. The molecule has 0 aromatic heterocycles. The van der Waals surface area contributed by atoms with Gasteiger partial charge >= 0.3 is 35.5 Å². The van der Waals surface area contributed by atoms with E-state index in [0.717, 1.165) is 0 Å². The first-order chi connectivity index (χ1) is 5.21. The van der Waals surface area contributed by atoms with E-state index in [9.17, 15) is 4.79 Å². The number of aliphatic carboxylic acids is 2. The minimum atomic E-state index is -1.23. The summed E-state index contributed by atoms with van der Waals surface area (Å²) in [5, 5.41) is 17.2. The van der Waals surface area contributed by atoms with Crippen molar-refractivity contribution >= 4 is 71.3 Å². The summed E-state index contributed by atoms with van der Waals surface area (Å²) in [5.41, 5.74) is 0. The van der Waals surface area contributed by atoms with E-state index in [-0.39, 0.29) is 29.6 Å². The molecule has 0 spiro atoms. The van der Waals surface area contributed by atoms with Crippen LogP contribution in [0.4, 0.5) is 0 Å². The Hall–Kier alpha value is 1.67. The first-order valence-corrected chi connectivity index (χ1v) is 5.19. The number of hydrogen-bond donors (Lipinski definition) is 1. The number of rotatable bonds is 1. The average molecular weight is 413 g/mol. The molecule has 0 amide bonds. The van der Waals surface area contributed by atoms with Gasteiger partial charge in [-0.05, 0) is 47.8 Å². The van der Waals surface area contributed by atoms with Gasteiger partial charge in [-0.2, -0.15) is 0 Å². The van der Waals surface area contributed by atoms with Crippen LogP contribution in [0.5, 0.6) is 0 Å². The molecule has 0 aromatic rings. The molecule has 4 nitrogen and oxygen atoms in total. The third-order valence-electron chi connectivity index (χ3n) is 0.352. The summed E-state index contributed by atoms with van der Waals surface area (Å²) in [7, 11) is 0. The van der Waals surface area contributed by atoms with Crippen molar-refractivity contribution in [3.63, 3.8) is 0 Å². The Bertz CT molecular complexity index is 171. The van der Waals surface area contributed by atoms with Gasteiger partial charge in [0.15, 0.2) is 0 Å². The molecular formula is C4H3Br3ClNaO4. The van der Waals surface area contributed by atoms with E-state index in [1.807, 2.05) is 0 Å². The molecule has 0 atom stereocenters. The number of carbonyl (C=O) groups is 2. The molecule has 0 aliphatic rings. The number of halogens is 4. The topological polar surface area (TPSA) is 77.4 Å². The van der Waals surface area contributed by atoms with Crippen LogP contribution in [0.15, 0.2) is 0 Å². The largest absolute Gasteiger partial charge is 1.00 e. The van der Waals surface area contributed by atoms with Gasteiger partial charge in [-0.15, -0.1) is 11.6 Å². The Labute approximate surface area is 127 Å². The third-order valence-corrected chi connectivity index (χ3v) is 1.59. The molecule has 0 aliphatic heterocycles. The summed E-state index contributed by atoms with van der Waals surface area (Å²) in [6.07, 6.45) is 0. The van der Waals surface area contributed by atoms with Crippen molar-refractivity contribution in [1.29, 1.82) is 0 Å². The van der Waals surface area contributed by atoms with Crippen LogP contribution in [0.2, 0.25) is 0 Å². The number of alkyl halides is 4. The zero-order chi connectivity index (χ0) is 10.4. The van der Waals surface area contributed by atoms with Crippen molar-refractivity contribution in [2.24, 2.45) is 0 Å². The molecule has 9 heteroatoms. The van der Waals surface area contributed by atoms with Crippen LogP contribution in [0.25, 0.3) is 0 Å². The molecule has 0 bridgehead atoms. The second-order valence-electron chi connectivity index (χ2n) is 1.31. The minimum absolute atomic E-state index is 0. The Balaban J connectivity index is -0.000000150. The van der Waals surface area contributed by atoms with Crippen molar-refractivity contribution in [1.82, 2.24) is 0 Å². The van der Waals surface area contributed by atoms with Crippen LogP contribution in [0, 0.1) is 0 Å². The van der Waals surface area contributed by atoms with E-state index in [4.69, 9.17) is 15.0 Å². The second-order valence-corrected chi connectivity index (χ2v) is 8.34. The average Bonchev–Trinajstić information content (AvgIpc) is 1.87. The molecule has 0 radical (unpaired) electrons. The van der Waals surface area contributed by atoms with Gasteiger partial charge in [0, 0.05) is 0 Å². The van der Waals surface area contributed by atoms with E-state index in [0.29, 0.717) is 0 Å². The van der Waals surface area contributed by atoms with Crippen molar-refractivity contribution in [3.8, 4) is 0 Å². The molecule has 0 saturated heterocycles. The number of carbonyl (C=O) groups excluding carboxylic acids is 1. The molecular weight excluding hydrogens is 410 g/mol. The van der Waals surface area contributed by atoms with Gasteiger partial charge in [0.05, 0.1) is 11.8 Å². The second kappa shape index (κ2) is 10.2. The molecule has 1 N–H and O–H groups in total. The zero-order valence-electron chi connectivity index (χ0n) is 6.39. The molecule has 0 aliphatic carbocycles. The fourth-order valence-electron chi connectivity index (χ4n) is 0. The maximum atomic E-state index is 9.88. The van der Waals surface area contributed by atoms with Crippen molar-refractivity contribution < 1.29 is 49.4 Å². The van der Waals surface area contributed by atoms with E-state index in [1.54, 1.807) is 0 Å². The summed E-state index contributed by atoms with van der Waals surface area (Å²) >= 11 is 13.0. The molecule has 72 valence electrons. The number of hydrogen-bond acceptors (Lipinski definition) is 3. The quantitative estimate of drug-likeness (QED) is 0.395. The van der Waals surface area contributed by atoms with Crippen molar-refractivity contribution in [2.45, 2.75) is 2.14 Å². The fourth-order valence-corrected chi connectivity index (χ4v) is 0. The van der Waals surface area contributed by atoms with Crippen LogP contribution < -0.4 is 34.7 Å². The van der Waals surface area contributed by atoms with Gasteiger partial charge in [-0.25, -0.2) is 4.79 Å². The van der Waals surface area contributed by atoms with E-state index in [1.165, 1.54) is 0 Å². The Kier molecular flexibility index (Phi) is 15.8. The first-order valence-electron chi connectivity index (χ1n) is 2.27.